The van der Waals surface area contributed by atoms with Crippen molar-refractivity contribution in [2.75, 3.05) is 41.9 Å². The van der Waals surface area contributed by atoms with Crippen molar-refractivity contribution in [3.05, 3.63) is 69.3 Å². The Hall–Kier alpha value is -2.58. The largest absolute Gasteiger partial charge is 0.341 e. The van der Waals surface area contributed by atoms with Crippen LogP contribution in [0.25, 0.3) is 0 Å². The molecule has 2 aromatic carbocycles. The Bertz CT molecular complexity index is 1230. The van der Waals surface area contributed by atoms with Crippen LogP contribution in [0.5, 0.6) is 0 Å². The summed E-state index contributed by atoms with van der Waals surface area (Å²) in [6, 6.07) is 11.6. The average Bonchev–Trinajstić information content (AvgIpc) is 2.83. The van der Waals surface area contributed by atoms with Gasteiger partial charge in [-0.05, 0) is 74.2 Å². The third-order valence-corrected chi connectivity index (χ3v) is 7.08. The van der Waals surface area contributed by atoms with Crippen LogP contribution in [0, 0.1) is 6.92 Å². The van der Waals surface area contributed by atoms with E-state index in [2.05, 4.69) is 45.7 Å². The normalized spacial score (nSPS) is 16.1. The summed E-state index contributed by atoms with van der Waals surface area (Å²) in [6.07, 6.45) is 3.88. The van der Waals surface area contributed by atoms with Crippen LogP contribution in [0.4, 0.5) is 23.1 Å². The van der Waals surface area contributed by atoms with Crippen molar-refractivity contribution >= 4 is 64.7 Å². The second-order valence-electron chi connectivity index (χ2n) is 8.79. The maximum Gasteiger partial charge on any atom is 0.265 e. The quantitative estimate of drug-likeness (QED) is 0.443. The number of carbonyl (C=O) groups is 1. The second kappa shape index (κ2) is 10.6. The first-order valence-corrected chi connectivity index (χ1v) is 12.1. The number of benzene rings is 2. The number of piperidine rings is 1. The van der Waals surface area contributed by atoms with E-state index in [1.165, 1.54) is 24.0 Å². The molecule has 7 nitrogen and oxygen atoms in total. The molecule has 10 heteroatoms. The summed E-state index contributed by atoms with van der Waals surface area (Å²) in [7, 11) is 1.87. The number of rotatable bonds is 4. The van der Waals surface area contributed by atoms with E-state index in [-0.39, 0.29) is 25.0 Å². The van der Waals surface area contributed by atoms with Gasteiger partial charge in [0.15, 0.2) is 0 Å². The van der Waals surface area contributed by atoms with Gasteiger partial charge in [-0.15, -0.1) is 12.4 Å². The lowest BCUT2D eigenvalue weighted by atomic mass is 9.87. The summed E-state index contributed by atoms with van der Waals surface area (Å²) in [5.74, 6) is 1.36. The standard InChI is InChI=1S/C25H26Cl2N6O.ClH/c1-15-12-17(6-7-18(15)16-8-10-28-11-9-16)30-25-29-13-19-23(31-25)32(2)14-33(24(19)34)22-20(26)4-3-5-21(22)27;/h3-7,12-13,16,28H,8-11,14H2,1-2H3,(H,29,30,31);1H. The number of hydrogen-bond acceptors (Lipinski definition) is 6. The Morgan fingerprint density at radius 3 is 2.51 bits per heavy atom. The zero-order valence-electron chi connectivity index (χ0n) is 19.5. The highest BCUT2D eigenvalue weighted by Gasteiger charge is 2.32. The molecule has 0 unspecified atom stereocenters. The molecule has 0 radical (unpaired) electrons. The zero-order valence-corrected chi connectivity index (χ0v) is 21.8. The van der Waals surface area contributed by atoms with Gasteiger partial charge < -0.3 is 15.5 Å². The number of halogens is 3. The molecular weight excluding hydrogens is 507 g/mol. The van der Waals surface area contributed by atoms with E-state index in [1.807, 2.05) is 11.9 Å². The van der Waals surface area contributed by atoms with Crippen molar-refractivity contribution in [1.82, 2.24) is 15.3 Å². The van der Waals surface area contributed by atoms with Gasteiger partial charge in [0.25, 0.3) is 5.91 Å². The third-order valence-electron chi connectivity index (χ3n) is 6.47. The molecule has 0 saturated carbocycles. The van der Waals surface area contributed by atoms with Crippen LogP contribution >= 0.6 is 35.6 Å². The molecule has 2 N–H and O–H groups in total. The first kappa shape index (κ1) is 25.5. The van der Waals surface area contributed by atoms with Crippen LogP contribution in [0.1, 0.15) is 40.2 Å². The Balaban J connectivity index is 0.00000289. The Labute approximate surface area is 221 Å². The van der Waals surface area contributed by atoms with Gasteiger partial charge in [-0.2, -0.15) is 4.98 Å². The minimum absolute atomic E-state index is 0. The summed E-state index contributed by atoms with van der Waals surface area (Å²) >= 11 is 12.7. The number of amides is 1. The number of aryl methyl sites for hydroxylation is 1. The summed E-state index contributed by atoms with van der Waals surface area (Å²) in [6.45, 7) is 4.56. The molecule has 0 bridgehead atoms. The van der Waals surface area contributed by atoms with Crippen molar-refractivity contribution in [3.8, 4) is 0 Å². The molecule has 3 heterocycles. The van der Waals surface area contributed by atoms with Gasteiger partial charge in [0, 0.05) is 18.9 Å². The fourth-order valence-electron chi connectivity index (χ4n) is 4.76. The number of hydrogen-bond donors (Lipinski definition) is 2. The average molecular weight is 534 g/mol. The molecular formula is C25H27Cl3N6O. The lowest BCUT2D eigenvalue weighted by Gasteiger charge is -2.35. The fraction of sp³-hybridized carbons (Fsp3) is 0.320. The monoisotopic (exact) mass is 532 g/mol. The number of fused-ring (bicyclic) bond motifs is 1. The highest BCUT2D eigenvalue weighted by atomic mass is 35.5. The molecule has 1 amide bonds. The van der Waals surface area contributed by atoms with Gasteiger partial charge in [0.2, 0.25) is 5.95 Å². The molecule has 35 heavy (non-hydrogen) atoms. The van der Waals surface area contributed by atoms with Gasteiger partial charge in [-0.1, -0.05) is 35.3 Å². The third kappa shape index (κ3) is 5.05. The summed E-state index contributed by atoms with van der Waals surface area (Å²) in [5, 5.41) is 7.55. The minimum atomic E-state index is -0.239. The van der Waals surface area contributed by atoms with E-state index >= 15 is 0 Å². The van der Waals surface area contributed by atoms with E-state index in [0.29, 0.717) is 39.0 Å². The molecule has 2 aliphatic heterocycles. The number of para-hydroxylation sites is 1. The van der Waals surface area contributed by atoms with Crippen LogP contribution in [-0.4, -0.2) is 42.7 Å². The number of nitrogens with one attached hydrogen (secondary N) is 2. The highest BCUT2D eigenvalue weighted by molar-refractivity contribution is 6.40. The van der Waals surface area contributed by atoms with Crippen molar-refractivity contribution in [2.45, 2.75) is 25.7 Å². The second-order valence-corrected chi connectivity index (χ2v) is 9.61. The molecule has 0 atom stereocenters. The van der Waals surface area contributed by atoms with Crippen LogP contribution < -0.4 is 20.4 Å². The first-order chi connectivity index (χ1) is 16.4. The van der Waals surface area contributed by atoms with Crippen molar-refractivity contribution in [1.29, 1.82) is 0 Å². The fourth-order valence-corrected chi connectivity index (χ4v) is 5.36. The Kier molecular flexibility index (Phi) is 7.71. The SMILES string of the molecule is Cc1cc(Nc2ncc3c(n2)N(C)CN(c2c(Cl)cccc2Cl)C3=O)ccc1C1CCNCC1.Cl. The predicted molar refractivity (Wildman–Crippen MR) is 145 cm³/mol. The van der Waals surface area contributed by atoms with Crippen molar-refractivity contribution < 1.29 is 4.79 Å². The summed E-state index contributed by atoms with van der Waals surface area (Å²) < 4.78 is 0. The lowest BCUT2D eigenvalue weighted by molar-refractivity contribution is 0.0982. The van der Waals surface area contributed by atoms with Gasteiger partial charge in [0.1, 0.15) is 11.4 Å². The molecule has 1 fully saturated rings. The van der Waals surface area contributed by atoms with E-state index in [0.717, 1.165) is 18.8 Å². The van der Waals surface area contributed by atoms with Gasteiger partial charge in [-0.25, -0.2) is 4.98 Å². The van der Waals surface area contributed by atoms with E-state index in [4.69, 9.17) is 23.2 Å². The molecule has 5 rings (SSSR count). The molecule has 3 aromatic rings. The number of aromatic nitrogens is 2. The Morgan fingerprint density at radius 2 is 1.83 bits per heavy atom. The number of nitrogens with zero attached hydrogens (tertiary/aromatic N) is 4. The lowest BCUT2D eigenvalue weighted by Crippen LogP contribution is -2.46. The van der Waals surface area contributed by atoms with E-state index in [1.54, 1.807) is 29.3 Å². The Morgan fingerprint density at radius 1 is 1.11 bits per heavy atom. The highest BCUT2D eigenvalue weighted by Crippen LogP contribution is 2.37. The molecule has 0 spiro atoms. The minimum Gasteiger partial charge on any atom is -0.341 e. The maximum absolute atomic E-state index is 13.2. The molecule has 0 aliphatic carbocycles. The molecule has 184 valence electrons. The summed E-state index contributed by atoms with van der Waals surface area (Å²) in [4.78, 5) is 25.7. The van der Waals surface area contributed by atoms with Gasteiger partial charge in [0.05, 0.1) is 22.4 Å². The van der Waals surface area contributed by atoms with Crippen LogP contribution in [0.2, 0.25) is 10.0 Å². The zero-order chi connectivity index (χ0) is 23.8. The molecule has 1 saturated heterocycles. The van der Waals surface area contributed by atoms with Gasteiger partial charge >= 0.3 is 0 Å². The van der Waals surface area contributed by atoms with Crippen molar-refractivity contribution in [3.63, 3.8) is 0 Å². The van der Waals surface area contributed by atoms with Crippen molar-refractivity contribution in [2.24, 2.45) is 0 Å². The molecule has 1 aromatic heterocycles. The van der Waals surface area contributed by atoms with Gasteiger partial charge in [-0.3, -0.25) is 9.69 Å². The van der Waals surface area contributed by atoms with E-state index < -0.39 is 0 Å². The van der Waals surface area contributed by atoms with Crippen LogP contribution in [0.3, 0.4) is 0 Å². The molecule has 2 aliphatic rings. The number of carbonyl (C=O) groups excluding carboxylic acids is 1. The predicted octanol–water partition coefficient (Wildman–Crippen LogP) is 5.78. The van der Waals surface area contributed by atoms with Crippen LogP contribution in [-0.2, 0) is 0 Å². The summed E-state index contributed by atoms with van der Waals surface area (Å²) in [5.41, 5.74) is 4.47. The number of anilines is 4. The first-order valence-electron chi connectivity index (χ1n) is 11.3. The smallest absolute Gasteiger partial charge is 0.265 e. The van der Waals surface area contributed by atoms with E-state index in [9.17, 15) is 4.79 Å². The van der Waals surface area contributed by atoms with Crippen LogP contribution in [0.15, 0.2) is 42.6 Å². The maximum atomic E-state index is 13.2. The topological polar surface area (TPSA) is 73.4 Å².